The van der Waals surface area contributed by atoms with Gasteiger partial charge in [-0.05, 0) is 53.9 Å². The zero-order valence-electron chi connectivity index (χ0n) is 17.9. The van der Waals surface area contributed by atoms with Gasteiger partial charge in [0.1, 0.15) is 0 Å². The topological polar surface area (TPSA) is 9.86 Å². The fourth-order valence-corrected chi connectivity index (χ4v) is 6.47. The molecule has 0 spiro atoms. The Morgan fingerprint density at radius 2 is 0.969 bits per heavy atom. The van der Waals surface area contributed by atoms with Crippen molar-refractivity contribution in [1.82, 2.24) is 9.13 Å². The molecule has 6 aromatic rings. The molecule has 0 unspecified atom stereocenters. The smallest absolute Gasteiger partial charge is 0.0491 e. The van der Waals surface area contributed by atoms with Gasteiger partial charge in [-0.3, -0.25) is 0 Å². The summed E-state index contributed by atoms with van der Waals surface area (Å²) in [5.41, 5.74) is 8.24. The Hall–Kier alpha value is -3.17. The summed E-state index contributed by atoms with van der Waals surface area (Å²) in [5, 5.41) is 5.53. The molecule has 0 saturated carbocycles. The molecule has 4 aliphatic rings. The van der Waals surface area contributed by atoms with E-state index in [4.69, 9.17) is 0 Å². The fraction of sp³-hybridized carbons (Fsp3) is 0.172. The van der Waals surface area contributed by atoms with E-state index in [1.165, 1.54) is 54.7 Å². The molecule has 156 valence electrons. The lowest BCUT2D eigenvalue weighted by Crippen LogP contribution is -2.04. The molecule has 6 heterocycles. The van der Waals surface area contributed by atoms with Crippen molar-refractivity contribution < 1.29 is 0 Å². The fourth-order valence-electron chi connectivity index (χ4n) is 5.54. The van der Waals surface area contributed by atoms with E-state index in [1.54, 1.807) is 0 Å². The van der Waals surface area contributed by atoms with E-state index in [-0.39, 0.29) is 0 Å². The third kappa shape index (κ3) is 2.74. The SMILES string of the molecule is c1ccc2c(c1)c1cc3ccc1n2CCCn1c2ccccc2c2cc(ccc21)CSC3. The Morgan fingerprint density at radius 3 is 1.50 bits per heavy atom. The summed E-state index contributed by atoms with van der Waals surface area (Å²) in [6, 6.07) is 32.0. The number of benzene rings is 4. The summed E-state index contributed by atoms with van der Waals surface area (Å²) in [6.07, 6.45) is 1.10. The van der Waals surface area contributed by atoms with Crippen LogP contribution in [-0.2, 0) is 24.6 Å². The van der Waals surface area contributed by atoms with Gasteiger partial charge in [-0.15, -0.1) is 0 Å². The number of para-hydroxylation sites is 2. The van der Waals surface area contributed by atoms with Crippen LogP contribution < -0.4 is 0 Å². The van der Waals surface area contributed by atoms with E-state index in [1.807, 2.05) is 11.8 Å². The minimum atomic E-state index is 1.02. The Morgan fingerprint density at radius 1 is 0.500 bits per heavy atom. The lowest BCUT2D eigenvalue weighted by atomic mass is 10.1. The average Bonchev–Trinajstić information content (AvgIpc) is 3.31. The summed E-state index contributed by atoms with van der Waals surface area (Å²) < 4.78 is 5.05. The van der Waals surface area contributed by atoms with Crippen molar-refractivity contribution in [2.45, 2.75) is 31.0 Å². The molecular formula is C29H24N2S. The predicted octanol–water partition coefficient (Wildman–Crippen LogP) is 7.74. The summed E-state index contributed by atoms with van der Waals surface area (Å²) in [4.78, 5) is 0. The molecule has 0 saturated heterocycles. The molecule has 0 fully saturated rings. The van der Waals surface area contributed by atoms with E-state index < -0.39 is 0 Å². The third-order valence-corrected chi connectivity index (χ3v) is 8.05. The lowest BCUT2D eigenvalue weighted by molar-refractivity contribution is 0.603. The molecule has 4 aliphatic heterocycles. The zero-order chi connectivity index (χ0) is 21.1. The van der Waals surface area contributed by atoms with Crippen LogP contribution in [0, 0.1) is 0 Å². The van der Waals surface area contributed by atoms with E-state index in [2.05, 4.69) is 94.1 Å². The summed E-state index contributed by atoms with van der Waals surface area (Å²) in [5.74, 6) is 2.07. The van der Waals surface area contributed by atoms with Crippen molar-refractivity contribution in [2.75, 3.05) is 0 Å². The van der Waals surface area contributed by atoms with Crippen molar-refractivity contribution >= 4 is 55.4 Å². The molecule has 0 aliphatic carbocycles. The minimum absolute atomic E-state index is 1.02. The second-order valence-corrected chi connectivity index (χ2v) is 9.87. The standard InChI is InChI=1S/C29H24N2S/c1-3-8-26-22(6-1)24-16-20-10-12-28(24)30(26)14-5-15-31-27-9-4-2-7-23(27)25-17-21(19-32-18-20)11-13-29(25)31/h1-4,6-13,16-17H,5,14-15,18-19H2. The quantitative estimate of drug-likeness (QED) is 0.239. The van der Waals surface area contributed by atoms with Gasteiger partial charge in [-0.25, -0.2) is 0 Å². The first-order chi connectivity index (χ1) is 15.9. The highest BCUT2D eigenvalue weighted by Crippen LogP contribution is 2.34. The van der Waals surface area contributed by atoms with E-state index in [0.717, 1.165) is 31.0 Å². The molecule has 0 amide bonds. The molecule has 3 heteroatoms. The van der Waals surface area contributed by atoms with Crippen molar-refractivity contribution in [3.8, 4) is 0 Å². The van der Waals surface area contributed by atoms with E-state index >= 15 is 0 Å². The summed E-state index contributed by atoms with van der Waals surface area (Å²) in [6.45, 7) is 2.04. The van der Waals surface area contributed by atoms with Crippen molar-refractivity contribution in [3.63, 3.8) is 0 Å². The Bertz CT molecular complexity index is 1510. The largest absolute Gasteiger partial charge is 0.340 e. The molecule has 10 rings (SSSR count). The van der Waals surface area contributed by atoms with Crippen molar-refractivity contribution in [1.29, 1.82) is 0 Å². The number of rotatable bonds is 0. The molecule has 32 heavy (non-hydrogen) atoms. The first-order valence-electron chi connectivity index (χ1n) is 11.4. The number of fused-ring (bicyclic) bond motifs is 2. The van der Waals surface area contributed by atoms with Crippen LogP contribution in [0.15, 0.2) is 84.9 Å². The highest BCUT2D eigenvalue weighted by molar-refractivity contribution is 7.97. The molecule has 0 atom stereocenters. The number of aryl methyl sites for hydroxylation is 2. The van der Waals surface area contributed by atoms with Crippen LogP contribution in [0.2, 0.25) is 0 Å². The zero-order valence-corrected chi connectivity index (χ0v) is 18.7. The van der Waals surface area contributed by atoms with Gasteiger partial charge in [0.2, 0.25) is 0 Å². The van der Waals surface area contributed by atoms with Gasteiger partial charge < -0.3 is 9.13 Å². The van der Waals surface area contributed by atoms with Crippen molar-refractivity contribution in [3.05, 3.63) is 96.1 Å². The van der Waals surface area contributed by atoms with Gasteiger partial charge >= 0.3 is 0 Å². The van der Waals surface area contributed by atoms with Gasteiger partial charge in [0.25, 0.3) is 0 Å². The average molecular weight is 433 g/mol. The predicted molar refractivity (Wildman–Crippen MR) is 139 cm³/mol. The monoisotopic (exact) mass is 432 g/mol. The molecule has 0 radical (unpaired) electrons. The van der Waals surface area contributed by atoms with Gasteiger partial charge in [0.05, 0.1) is 0 Å². The van der Waals surface area contributed by atoms with Crippen molar-refractivity contribution in [2.24, 2.45) is 0 Å². The van der Waals surface area contributed by atoms with Gasteiger partial charge in [0, 0.05) is 68.2 Å². The lowest BCUT2D eigenvalue weighted by Gasteiger charge is -2.12. The van der Waals surface area contributed by atoms with Crippen LogP contribution in [0.5, 0.6) is 0 Å². The van der Waals surface area contributed by atoms with E-state index in [9.17, 15) is 0 Å². The van der Waals surface area contributed by atoms with Crippen LogP contribution in [0.25, 0.3) is 43.6 Å². The van der Waals surface area contributed by atoms with Crippen LogP contribution in [0.3, 0.4) is 0 Å². The second-order valence-electron chi connectivity index (χ2n) is 8.89. The number of nitrogens with zero attached hydrogens (tertiary/aromatic N) is 2. The Balaban J connectivity index is 1.43. The first-order valence-corrected chi connectivity index (χ1v) is 12.6. The highest BCUT2D eigenvalue weighted by Gasteiger charge is 2.14. The van der Waals surface area contributed by atoms with Crippen LogP contribution in [-0.4, -0.2) is 9.13 Å². The third-order valence-electron chi connectivity index (χ3n) is 6.97. The van der Waals surface area contributed by atoms with E-state index in [0.29, 0.717) is 0 Å². The maximum atomic E-state index is 2.53. The normalized spacial score (nSPS) is 14.8. The summed E-state index contributed by atoms with van der Waals surface area (Å²) >= 11 is 2.01. The minimum Gasteiger partial charge on any atom is -0.340 e. The Kier molecular flexibility index (Phi) is 4.13. The number of aromatic nitrogens is 2. The van der Waals surface area contributed by atoms with Crippen LogP contribution >= 0.6 is 11.8 Å². The Labute approximate surface area is 191 Å². The maximum Gasteiger partial charge on any atom is 0.0491 e. The van der Waals surface area contributed by atoms with Gasteiger partial charge in [0.15, 0.2) is 0 Å². The molecular weight excluding hydrogens is 408 g/mol. The maximum absolute atomic E-state index is 2.53. The number of hydrogen-bond donors (Lipinski definition) is 0. The van der Waals surface area contributed by atoms with Gasteiger partial charge in [-0.2, -0.15) is 11.8 Å². The van der Waals surface area contributed by atoms with Crippen LogP contribution in [0.1, 0.15) is 17.5 Å². The molecule has 2 nitrogen and oxygen atoms in total. The second kappa shape index (κ2) is 7.18. The van der Waals surface area contributed by atoms with Crippen LogP contribution in [0.4, 0.5) is 0 Å². The number of hydrogen-bond acceptors (Lipinski definition) is 1. The molecule has 0 N–H and O–H groups in total. The van der Waals surface area contributed by atoms with Gasteiger partial charge in [-0.1, -0.05) is 48.5 Å². The molecule has 4 aromatic carbocycles. The summed E-state index contributed by atoms with van der Waals surface area (Å²) in [7, 11) is 0. The molecule has 8 bridgehead atoms. The first kappa shape index (κ1) is 18.4. The number of thioether (sulfide) groups is 1. The highest BCUT2D eigenvalue weighted by atomic mass is 32.2. The molecule has 2 aromatic heterocycles.